The van der Waals surface area contributed by atoms with Crippen LogP contribution < -0.4 is 14.2 Å². The molecule has 0 fully saturated rings. The van der Waals surface area contributed by atoms with E-state index in [1.165, 1.54) is 6.08 Å². The molecule has 0 aromatic heterocycles. The normalized spacial score (nSPS) is 12.0. The van der Waals surface area contributed by atoms with Crippen LogP contribution in [-0.2, 0) is 10.2 Å². The van der Waals surface area contributed by atoms with Crippen LogP contribution >= 0.6 is 0 Å². The number of hydrogen-bond donors (Lipinski definition) is 0. The van der Waals surface area contributed by atoms with Crippen LogP contribution in [0.1, 0.15) is 76.9 Å². The zero-order chi connectivity index (χ0) is 24.8. The SMILES string of the molecule is CCOc1ccc(C(C)(C)C)c(OCC)c1C=CC(=O)c1ccc(OC(=O)C(C)(C)C)cc1. The molecule has 0 aliphatic carbocycles. The summed E-state index contributed by atoms with van der Waals surface area (Å²) >= 11 is 0. The molecule has 2 aromatic carbocycles. The van der Waals surface area contributed by atoms with Gasteiger partial charge in [-0.3, -0.25) is 9.59 Å². The van der Waals surface area contributed by atoms with Crippen LogP contribution in [0.25, 0.3) is 6.08 Å². The number of rotatable bonds is 8. The van der Waals surface area contributed by atoms with E-state index in [9.17, 15) is 9.59 Å². The van der Waals surface area contributed by atoms with E-state index in [4.69, 9.17) is 14.2 Å². The van der Waals surface area contributed by atoms with E-state index in [0.717, 1.165) is 16.9 Å². The van der Waals surface area contributed by atoms with Gasteiger partial charge in [-0.2, -0.15) is 0 Å². The second-order valence-corrected chi connectivity index (χ2v) is 9.83. The summed E-state index contributed by atoms with van der Waals surface area (Å²) in [5.74, 6) is 1.30. The summed E-state index contributed by atoms with van der Waals surface area (Å²) in [6.45, 7) is 16.6. The Balaban J connectivity index is 2.35. The standard InChI is InChI=1S/C28H36O5/c1-9-31-24-18-16-22(27(3,4)5)25(32-10-2)21(24)15-17-23(29)19-11-13-20(14-12-19)33-26(30)28(6,7)8/h11-18H,9-10H2,1-8H3. The molecule has 0 saturated carbocycles. The van der Waals surface area contributed by atoms with Gasteiger partial charge in [-0.1, -0.05) is 26.8 Å². The lowest BCUT2D eigenvalue weighted by atomic mass is 9.84. The maximum Gasteiger partial charge on any atom is 0.316 e. The van der Waals surface area contributed by atoms with Gasteiger partial charge in [0.2, 0.25) is 0 Å². The molecule has 0 heterocycles. The largest absolute Gasteiger partial charge is 0.493 e. The van der Waals surface area contributed by atoms with Crippen LogP contribution in [0, 0.1) is 5.41 Å². The summed E-state index contributed by atoms with van der Waals surface area (Å²) in [7, 11) is 0. The van der Waals surface area contributed by atoms with Gasteiger partial charge in [0.25, 0.3) is 0 Å². The fourth-order valence-electron chi connectivity index (χ4n) is 3.11. The molecule has 33 heavy (non-hydrogen) atoms. The Morgan fingerprint density at radius 1 is 0.848 bits per heavy atom. The summed E-state index contributed by atoms with van der Waals surface area (Å²) in [4.78, 5) is 24.9. The average molecular weight is 453 g/mol. The Labute approximate surface area is 197 Å². The Morgan fingerprint density at radius 2 is 1.45 bits per heavy atom. The molecular formula is C28H36O5. The van der Waals surface area contributed by atoms with Crippen molar-refractivity contribution in [2.75, 3.05) is 13.2 Å². The highest BCUT2D eigenvalue weighted by Gasteiger charge is 2.24. The molecular weight excluding hydrogens is 416 g/mol. The van der Waals surface area contributed by atoms with E-state index in [2.05, 4.69) is 20.8 Å². The predicted octanol–water partition coefficient (Wildman–Crippen LogP) is 6.63. The van der Waals surface area contributed by atoms with Crippen LogP contribution in [0.3, 0.4) is 0 Å². The molecule has 0 aliphatic heterocycles. The van der Waals surface area contributed by atoms with Gasteiger partial charge in [0.05, 0.1) is 24.2 Å². The molecule has 5 heteroatoms. The van der Waals surface area contributed by atoms with Crippen LogP contribution in [0.5, 0.6) is 17.2 Å². The molecule has 0 bridgehead atoms. The Hall–Kier alpha value is -3.08. The first-order valence-corrected chi connectivity index (χ1v) is 11.4. The number of carbonyl (C=O) groups is 2. The van der Waals surface area contributed by atoms with Gasteiger partial charge in [0.15, 0.2) is 5.78 Å². The van der Waals surface area contributed by atoms with Crippen molar-refractivity contribution < 1.29 is 23.8 Å². The fourth-order valence-corrected chi connectivity index (χ4v) is 3.11. The summed E-state index contributed by atoms with van der Waals surface area (Å²) in [5.41, 5.74) is 1.54. The Kier molecular flexibility index (Phi) is 8.48. The number of hydrogen-bond acceptors (Lipinski definition) is 5. The average Bonchev–Trinajstić information content (AvgIpc) is 2.72. The molecule has 0 aliphatic rings. The Bertz CT molecular complexity index is 1000. The lowest BCUT2D eigenvalue weighted by molar-refractivity contribution is -0.143. The third kappa shape index (κ3) is 6.95. The molecule has 178 valence electrons. The fraction of sp³-hybridized carbons (Fsp3) is 0.429. The van der Waals surface area contributed by atoms with Crippen molar-refractivity contribution >= 4 is 17.8 Å². The summed E-state index contributed by atoms with van der Waals surface area (Å²) in [6.07, 6.45) is 3.27. The van der Waals surface area contributed by atoms with Crippen molar-refractivity contribution in [3.8, 4) is 17.2 Å². The molecule has 2 rings (SSSR count). The van der Waals surface area contributed by atoms with Crippen LogP contribution in [0.15, 0.2) is 42.5 Å². The minimum atomic E-state index is -0.602. The van der Waals surface area contributed by atoms with Crippen molar-refractivity contribution in [2.45, 2.75) is 60.8 Å². The van der Waals surface area contributed by atoms with Crippen LogP contribution in [0.2, 0.25) is 0 Å². The third-order valence-electron chi connectivity index (χ3n) is 4.92. The van der Waals surface area contributed by atoms with Gasteiger partial charge in [-0.05, 0) is 82.5 Å². The van der Waals surface area contributed by atoms with E-state index in [-0.39, 0.29) is 17.2 Å². The number of allylic oxidation sites excluding steroid dienone is 1. The highest BCUT2D eigenvalue weighted by atomic mass is 16.5. The minimum Gasteiger partial charge on any atom is -0.493 e. The predicted molar refractivity (Wildman–Crippen MR) is 132 cm³/mol. The molecule has 0 atom stereocenters. The van der Waals surface area contributed by atoms with Crippen molar-refractivity contribution in [1.82, 2.24) is 0 Å². The highest BCUT2D eigenvalue weighted by Crippen LogP contribution is 2.40. The zero-order valence-corrected chi connectivity index (χ0v) is 21.1. The second-order valence-electron chi connectivity index (χ2n) is 9.83. The van der Waals surface area contributed by atoms with E-state index >= 15 is 0 Å². The van der Waals surface area contributed by atoms with Crippen molar-refractivity contribution in [3.63, 3.8) is 0 Å². The molecule has 2 aromatic rings. The maximum atomic E-state index is 12.9. The first-order valence-electron chi connectivity index (χ1n) is 11.4. The topological polar surface area (TPSA) is 61.8 Å². The number of benzene rings is 2. The van der Waals surface area contributed by atoms with Gasteiger partial charge in [0.1, 0.15) is 17.2 Å². The Morgan fingerprint density at radius 3 is 1.97 bits per heavy atom. The summed E-state index contributed by atoms with van der Waals surface area (Å²) in [6, 6.07) is 10.5. The third-order valence-corrected chi connectivity index (χ3v) is 4.92. The first-order chi connectivity index (χ1) is 15.4. The molecule has 5 nitrogen and oxygen atoms in total. The van der Waals surface area contributed by atoms with Crippen molar-refractivity contribution in [3.05, 3.63) is 59.2 Å². The highest BCUT2D eigenvalue weighted by molar-refractivity contribution is 6.07. The van der Waals surface area contributed by atoms with E-state index < -0.39 is 5.41 Å². The van der Waals surface area contributed by atoms with Gasteiger partial charge in [-0.25, -0.2) is 0 Å². The monoisotopic (exact) mass is 452 g/mol. The van der Waals surface area contributed by atoms with Crippen molar-refractivity contribution in [1.29, 1.82) is 0 Å². The zero-order valence-electron chi connectivity index (χ0n) is 21.1. The van der Waals surface area contributed by atoms with E-state index in [1.807, 2.05) is 26.0 Å². The molecule has 0 amide bonds. The summed E-state index contributed by atoms with van der Waals surface area (Å²) in [5, 5.41) is 0. The first kappa shape index (κ1) is 26.2. The summed E-state index contributed by atoms with van der Waals surface area (Å²) < 4.78 is 17.2. The molecule has 0 N–H and O–H groups in total. The van der Waals surface area contributed by atoms with Gasteiger partial charge in [-0.15, -0.1) is 0 Å². The van der Waals surface area contributed by atoms with Crippen molar-refractivity contribution in [2.24, 2.45) is 5.41 Å². The number of esters is 1. The van der Waals surface area contributed by atoms with Gasteiger partial charge >= 0.3 is 5.97 Å². The second kappa shape index (κ2) is 10.7. The maximum absolute atomic E-state index is 12.9. The number of carbonyl (C=O) groups excluding carboxylic acids is 2. The van der Waals surface area contributed by atoms with Gasteiger partial charge in [0, 0.05) is 11.1 Å². The smallest absolute Gasteiger partial charge is 0.316 e. The quantitative estimate of drug-likeness (QED) is 0.195. The van der Waals surface area contributed by atoms with Crippen LogP contribution in [0.4, 0.5) is 0 Å². The lowest BCUT2D eigenvalue weighted by Crippen LogP contribution is -2.25. The van der Waals surface area contributed by atoms with Crippen LogP contribution in [-0.4, -0.2) is 25.0 Å². The molecule has 0 spiro atoms. The molecule has 0 unspecified atom stereocenters. The minimum absolute atomic E-state index is 0.137. The number of ether oxygens (including phenoxy) is 3. The molecule has 0 saturated heterocycles. The molecule has 0 radical (unpaired) electrons. The van der Waals surface area contributed by atoms with E-state index in [0.29, 0.717) is 30.3 Å². The van der Waals surface area contributed by atoms with E-state index in [1.54, 1.807) is 51.1 Å². The number of ketones is 1. The lowest BCUT2D eigenvalue weighted by Gasteiger charge is -2.25. The van der Waals surface area contributed by atoms with Gasteiger partial charge < -0.3 is 14.2 Å².